The number of carboxylic acids is 1. The van der Waals surface area contributed by atoms with Crippen LogP contribution in [0.1, 0.15) is 12.5 Å². The number of rotatable bonds is 4. The summed E-state index contributed by atoms with van der Waals surface area (Å²) in [4.78, 5) is 21.9. The van der Waals surface area contributed by atoms with Gasteiger partial charge in [-0.1, -0.05) is 18.2 Å². The van der Waals surface area contributed by atoms with Gasteiger partial charge in [-0.15, -0.1) is 0 Å². The number of hydrogen-bond acceptors (Lipinski definition) is 4. The number of nitrogens with one attached hydrogen (secondary N) is 1. The van der Waals surface area contributed by atoms with E-state index in [1.165, 1.54) is 19.1 Å². The Labute approximate surface area is 110 Å². The monoisotopic (exact) mass is 283 g/mol. The third-order valence-corrected chi connectivity index (χ3v) is 3.80. The van der Waals surface area contributed by atoms with Crippen LogP contribution in [0.3, 0.4) is 0 Å². The molecule has 0 bridgehead atoms. The molecular formula is C12H13NO5S. The van der Waals surface area contributed by atoms with Crippen molar-refractivity contribution in [1.29, 1.82) is 0 Å². The van der Waals surface area contributed by atoms with Crippen LogP contribution >= 0.6 is 0 Å². The molecule has 0 heterocycles. The zero-order valence-corrected chi connectivity index (χ0v) is 11.2. The Balaban J connectivity index is 3.03. The molecule has 1 amide bonds. The van der Waals surface area contributed by atoms with Crippen molar-refractivity contribution in [3.63, 3.8) is 0 Å². The highest BCUT2D eigenvalue weighted by atomic mass is 32.2. The van der Waals surface area contributed by atoms with Crippen molar-refractivity contribution in [2.45, 2.75) is 18.7 Å². The lowest BCUT2D eigenvalue weighted by Crippen LogP contribution is -2.31. The molecule has 0 unspecified atom stereocenters. The molecule has 6 nitrogen and oxygen atoms in total. The van der Waals surface area contributed by atoms with Gasteiger partial charge in [-0.3, -0.25) is 4.79 Å². The summed E-state index contributed by atoms with van der Waals surface area (Å²) in [6.07, 6.45) is 0.642. The highest BCUT2D eigenvalue weighted by Crippen LogP contribution is 2.14. The molecule has 1 aromatic rings. The molecule has 0 radical (unpaired) electrons. The fourth-order valence-electron chi connectivity index (χ4n) is 1.37. The second-order valence-electron chi connectivity index (χ2n) is 3.87. The van der Waals surface area contributed by atoms with Crippen LogP contribution in [0.25, 0.3) is 0 Å². The predicted octanol–water partition coefficient (Wildman–Crippen LogP) is 0.831. The lowest BCUT2D eigenvalue weighted by atomic mass is 10.2. The lowest BCUT2D eigenvalue weighted by molar-refractivity contribution is -0.131. The van der Waals surface area contributed by atoms with E-state index in [-0.39, 0.29) is 10.5 Å². The van der Waals surface area contributed by atoms with Crippen molar-refractivity contribution in [3.05, 3.63) is 41.5 Å². The molecule has 0 fully saturated rings. The molecule has 19 heavy (non-hydrogen) atoms. The Morgan fingerprint density at radius 3 is 2.37 bits per heavy atom. The van der Waals surface area contributed by atoms with Crippen molar-refractivity contribution in [2.75, 3.05) is 0 Å². The maximum absolute atomic E-state index is 11.9. The van der Waals surface area contributed by atoms with E-state index >= 15 is 0 Å². The quantitative estimate of drug-likeness (QED) is 0.797. The molecule has 1 rings (SSSR count). The molecule has 0 aliphatic carbocycles. The first-order chi connectivity index (χ1) is 8.74. The Hall–Kier alpha value is -2.15. The number of benzene rings is 1. The molecule has 1 aromatic carbocycles. The maximum Gasteiger partial charge on any atom is 0.328 e. The first-order valence-corrected chi connectivity index (χ1v) is 6.76. The largest absolute Gasteiger partial charge is 0.478 e. The molecule has 0 aliphatic rings. The summed E-state index contributed by atoms with van der Waals surface area (Å²) in [6, 6.07) is 6.16. The van der Waals surface area contributed by atoms with Crippen LogP contribution in [0.2, 0.25) is 0 Å². The number of aryl methyl sites for hydroxylation is 1. The van der Waals surface area contributed by atoms with Gasteiger partial charge in [0.05, 0.1) is 4.90 Å². The average Bonchev–Trinajstić information content (AvgIpc) is 2.27. The topological polar surface area (TPSA) is 101 Å². The van der Waals surface area contributed by atoms with Crippen LogP contribution in [0.5, 0.6) is 0 Å². The summed E-state index contributed by atoms with van der Waals surface area (Å²) in [5, 5.41) is 8.49. The molecule has 7 heteroatoms. The smallest absolute Gasteiger partial charge is 0.328 e. The SMILES string of the molecule is CC(=CC(=O)O)C(=O)NS(=O)(=O)c1ccccc1C. The predicted molar refractivity (Wildman–Crippen MR) is 67.9 cm³/mol. The Kier molecular flexibility index (Phi) is 4.44. The maximum atomic E-state index is 11.9. The highest BCUT2D eigenvalue weighted by Gasteiger charge is 2.20. The number of carboxylic acid groups (broad SMARTS) is 1. The number of aliphatic carboxylic acids is 1. The van der Waals surface area contributed by atoms with Crippen molar-refractivity contribution in [2.24, 2.45) is 0 Å². The van der Waals surface area contributed by atoms with E-state index in [2.05, 4.69) is 0 Å². The fraction of sp³-hybridized carbons (Fsp3) is 0.167. The van der Waals surface area contributed by atoms with Gasteiger partial charge < -0.3 is 5.11 Å². The van der Waals surface area contributed by atoms with Crippen LogP contribution in [-0.2, 0) is 19.6 Å². The van der Waals surface area contributed by atoms with E-state index in [9.17, 15) is 18.0 Å². The standard InChI is InChI=1S/C12H13NO5S/c1-8-5-3-4-6-10(8)19(17,18)13-12(16)9(2)7-11(14)15/h3-7H,1-2H3,(H,13,16)(H,14,15). The van der Waals surface area contributed by atoms with Gasteiger partial charge in [-0.2, -0.15) is 0 Å². The Bertz CT molecular complexity index is 646. The molecule has 0 aliphatic heterocycles. The van der Waals surface area contributed by atoms with Gasteiger partial charge in [0.2, 0.25) is 0 Å². The minimum absolute atomic E-state index is 0.0218. The van der Waals surface area contributed by atoms with Gasteiger partial charge in [0.25, 0.3) is 15.9 Å². The van der Waals surface area contributed by atoms with E-state index < -0.39 is 21.9 Å². The van der Waals surface area contributed by atoms with E-state index in [1.54, 1.807) is 19.1 Å². The van der Waals surface area contributed by atoms with Gasteiger partial charge in [-0.05, 0) is 25.5 Å². The second-order valence-corrected chi connectivity index (χ2v) is 5.52. The molecule has 0 aromatic heterocycles. The van der Waals surface area contributed by atoms with Gasteiger partial charge in [0.15, 0.2) is 0 Å². The minimum atomic E-state index is -4.00. The molecule has 0 spiro atoms. The lowest BCUT2D eigenvalue weighted by Gasteiger charge is -2.08. The van der Waals surface area contributed by atoms with Crippen LogP contribution in [0.4, 0.5) is 0 Å². The van der Waals surface area contributed by atoms with Crippen molar-refractivity contribution in [1.82, 2.24) is 4.72 Å². The summed E-state index contributed by atoms with van der Waals surface area (Å²) < 4.78 is 25.7. The first-order valence-electron chi connectivity index (χ1n) is 5.28. The highest BCUT2D eigenvalue weighted by molar-refractivity contribution is 7.90. The normalized spacial score (nSPS) is 12.0. The summed E-state index contributed by atoms with van der Waals surface area (Å²) >= 11 is 0. The van der Waals surface area contributed by atoms with Crippen LogP contribution < -0.4 is 4.72 Å². The number of hydrogen-bond donors (Lipinski definition) is 2. The summed E-state index contributed by atoms with van der Waals surface area (Å²) in [6.45, 7) is 2.82. The fourth-order valence-corrected chi connectivity index (χ4v) is 2.63. The molecule has 102 valence electrons. The van der Waals surface area contributed by atoms with E-state index in [4.69, 9.17) is 5.11 Å². The van der Waals surface area contributed by atoms with Gasteiger partial charge in [0, 0.05) is 11.6 Å². The van der Waals surface area contributed by atoms with E-state index in [0.29, 0.717) is 11.6 Å². The van der Waals surface area contributed by atoms with Gasteiger partial charge in [-0.25, -0.2) is 17.9 Å². The summed E-state index contributed by atoms with van der Waals surface area (Å²) in [5.74, 6) is -2.29. The zero-order chi connectivity index (χ0) is 14.6. The van der Waals surface area contributed by atoms with Crippen molar-refractivity contribution in [3.8, 4) is 0 Å². The average molecular weight is 283 g/mol. The molecule has 0 atom stereocenters. The zero-order valence-electron chi connectivity index (χ0n) is 10.4. The van der Waals surface area contributed by atoms with Crippen LogP contribution in [0.15, 0.2) is 40.8 Å². The van der Waals surface area contributed by atoms with Crippen molar-refractivity contribution < 1.29 is 23.1 Å². The third kappa shape index (κ3) is 3.92. The van der Waals surface area contributed by atoms with Crippen LogP contribution in [-0.4, -0.2) is 25.4 Å². The summed E-state index contributed by atoms with van der Waals surface area (Å²) in [5.41, 5.74) is 0.285. The Morgan fingerprint density at radius 1 is 1.26 bits per heavy atom. The van der Waals surface area contributed by atoms with Crippen LogP contribution in [0, 0.1) is 6.92 Å². The number of sulfonamides is 1. The number of carbonyl (C=O) groups is 2. The first kappa shape index (κ1) is 14.9. The van der Waals surface area contributed by atoms with Gasteiger partial charge in [0.1, 0.15) is 0 Å². The van der Waals surface area contributed by atoms with E-state index in [1.807, 2.05) is 4.72 Å². The molecular weight excluding hydrogens is 270 g/mol. The minimum Gasteiger partial charge on any atom is -0.478 e. The molecule has 2 N–H and O–H groups in total. The molecule has 0 saturated heterocycles. The van der Waals surface area contributed by atoms with Crippen molar-refractivity contribution >= 4 is 21.9 Å². The number of amides is 1. The van der Waals surface area contributed by atoms with E-state index in [0.717, 1.165) is 0 Å². The molecule has 0 saturated carbocycles. The Morgan fingerprint density at radius 2 is 1.84 bits per heavy atom. The number of carbonyl (C=O) groups excluding carboxylic acids is 1. The summed E-state index contributed by atoms with van der Waals surface area (Å²) in [7, 11) is -4.00. The second kappa shape index (κ2) is 5.66. The van der Waals surface area contributed by atoms with Gasteiger partial charge >= 0.3 is 5.97 Å². The third-order valence-electron chi connectivity index (χ3n) is 2.31.